The first kappa shape index (κ1) is 17.3. The Labute approximate surface area is 156 Å². The Kier molecular flexibility index (Phi) is 4.58. The number of hydrogen-bond acceptors (Lipinski definition) is 2. The lowest BCUT2D eigenvalue weighted by Gasteiger charge is -2.17. The second-order valence-corrected chi connectivity index (χ2v) is 8.19. The van der Waals surface area contributed by atoms with Crippen LogP contribution in [0.4, 0.5) is 0 Å². The maximum atomic E-state index is 13.0. The molecule has 1 amide bonds. The number of benzene rings is 2. The molecule has 0 aromatic heterocycles. The SMILES string of the molecule is CC(C)c1ccc(C2CC2C(=O)N2C[C@@H](N)[C@H](c3ccccc3)C2)cc1. The fourth-order valence-electron chi connectivity index (χ4n) is 4.26. The molecule has 2 aliphatic rings. The van der Waals surface area contributed by atoms with Crippen LogP contribution in [-0.4, -0.2) is 29.9 Å². The van der Waals surface area contributed by atoms with Crippen LogP contribution in [0.25, 0.3) is 0 Å². The zero-order chi connectivity index (χ0) is 18.3. The van der Waals surface area contributed by atoms with E-state index in [1.54, 1.807) is 0 Å². The predicted octanol–water partition coefficient (Wildman–Crippen LogP) is 3.87. The molecule has 1 heterocycles. The van der Waals surface area contributed by atoms with Gasteiger partial charge in [-0.05, 0) is 34.9 Å². The maximum absolute atomic E-state index is 13.0. The van der Waals surface area contributed by atoms with Gasteiger partial charge in [0.2, 0.25) is 5.91 Å². The summed E-state index contributed by atoms with van der Waals surface area (Å²) in [5.41, 5.74) is 10.3. The minimum Gasteiger partial charge on any atom is -0.340 e. The number of hydrogen-bond donors (Lipinski definition) is 1. The topological polar surface area (TPSA) is 46.3 Å². The molecule has 2 unspecified atom stereocenters. The van der Waals surface area contributed by atoms with E-state index in [0.29, 0.717) is 18.4 Å². The van der Waals surface area contributed by atoms with Crippen LogP contribution in [-0.2, 0) is 4.79 Å². The van der Waals surface area contributed by atoms with E-state index >= 15 is 0 Å². The molecule has 2 fully saturated rings. The van der Waals surface area contributed by atoms with Crippen LogP contribution in [0.5, 0.6) is 0 Å². The Balaban J connectivity index is 1.40. The molecule has 3 nitrogen and oxygen atoms in total. The fraction of sp³-hybridized carbons (Fsp3) is 0.435. The van der Waals surface area contributed by atoms with Crippen LogP contribution >= 0.6 is 0 Å². The average molecular weight is 348 g/mol. The highest BCUT2D eigenvalue weighted by Gasteiger charge is 2.47. The Bertz CT molecular complexity index is 769. The van der Waals surface area contributed by atoms with Crippen molar-refractivity contribution in [2.24, 2.45) is 11.7 Å². The summed E-state index contributed by atoms with van der Waals surface area (Å²) in [6.45, 7) is 5.84. The normalized spacial score (nSPS) is 27.8. The zero-order valence-corrected chi connectivity index (χ0v) is 15.6. The van der Waals surface area contributed by atoms with E-state index in [0.717, 1.165) is 13.0 Å². The van der Waals surface area contributed by atoms with Crippen molar-refractivity contribution < 1.29 is 4.79 Å². The summed E-state index contributed by atoms with van der Waals surface area (Å²) in [6, 6.07) is 19.2. The highest BCUT2D eigenvalue weighted by molar-refractivity contribution is 5.83. The van der Waals surface area contributed by atoms with Gasteiger partial charge in [-0.15, -0.1) is 0 Å². The number of carbonyl (C=O) groups excluding carboxylic acids is 1. The molecule has 1 saturated carbocycles. The molecule has 26 heavy (non-hydrogen) atoms. The predicted molar refractivity (Wildman–Crippen MR) is 105 cm³/mol. The first-order valence-electron chi connectivity index (χ1n) is 9.73. The van der Waals surface area contributed by atoms with Gasteiger partial charge in [0.25, 0.3) is 0 Å². The van der Waals surface area contributed by atoms with Crippen molar-refractivity contribution in [1.82, 2.24) is 4.90 Å². The fourth-order valence-corrected chi connectivity index (χ4v) is 4.26. The maximum Gasteiger partial charge on any atom is 0.226 e. The minimum absolute atomic E-state index is 0.0314. The molecule has 4 atom stereocenters. The summed E-state index contributed by atoms with van der Waals surface area (Å²) >= 11 is 0. The number of nitrogens with zero attached hydrogens (tertiary/aromatic N) is 1. The molecule has 3 heteroatoms. The molecule has 0 spiro atoms. The summed E-state index contributed by atoms with van der Waals surface area (Å²) < 4.78 is 0. The van der Waals surface area contributed by atoms with Gasteiger partial charge in [0, 0.05) is 31.0 Å². The molecule has 136 valence electrons. The number of amides is 1. The number of carbonyl (C=O) groups is 1. The molecule has 0 radical (unpaired) electrons. The van der Waals surface area contributed by atoms with Crippen LogP contribution in [0.3, 0.4) is 0 Å². The van der Waals surface area contributed by atoms with E-state index < -0.39 is 0 Å². The Morgan fingerprint density at radius 1 is 0.962 bits per heavy atom. The lowest BCUT2D eigenvalue weighted by molar-refractivity contribution is -0.131. The standard InChI is InChI=1S/C23H28N2O/c1-15(2)16-8-10-18(11-9-16)19-12-20(19)23(26)25-13-21(22(24)14-25)17-6-4-3-5-7-17/h3-11,15,19-22H,12-14,24H2,1-2H3/t19?,20?,21-,22+/m0/s1. The van der Waals surface area contributed by atoms with E-state index in [4.69, 9.17) is 5.73 Å². The second kappa shape index (κ2) is 6.88. The van der Waals surface area contributed by atoms with E-state index in [-0.39, 0.29) is 23.8 Å². The lowest BCUT2D eigenvalue weighted by Crippen LogP contribution is -2.33. The first-order chi connectivity index (χ1) is 12.5. The van der Waals surface area contributed by atoms with Gasteiger partial charge < -0.3 is 10.6 Å². The minimum atomic E-state index is 0.0314. The Hall–Kier alpha value is -2.13. The van der Waals surface area contributed by atoms with Crippen LogP contribution in [0.15, 0.2) is 54.6 Å². The highest BCUT2D eigenvalue weighted by atomic mass is 16.2. The third-order valence-corrected chi connectivity index (χ3v) is 6.04. The van der Waals surface area contributed by atoms with Gasteiger partial charge in [0.05, 0.1) is 0 Å². The van der Waals surface area contributed by atoms with Crippen molar-refractivity contribution >= 4 is 5.91 Å². The molecule has 2 N–H and O–H groups in total. The second-order valence-electron chi connectivity index (χ2n) is 8.19. The van der Waals surface area contributed by atoms with Crippen LogP contribution < -0.4 is 5.73 Å². The molecular weight excluding hydrogens is 320 g/mol. The number of likely N-dealkylation sites (tertiary alicyclic amines) is 1. The third kappa shape index (κ3) is 3.28. The summed E-state index contributed by atoms with van der Waals surface area (Å²) in [6.07, 6.45) is 0.974. The Morgan fingerprint density at radius 3 is 2.27 bits per heavy atom. The van der Waals surface area contributed by atoms with E-state index in [9.17, 15) is 4.79 Å². The van der Waals surface area contributed by atoms with Crippen molar-refractivity contribution in [3.05, 3.63) is 71.3 Å². The third-order valence-electron chi connectivity index (χ3n) is 6.04. The first-order valence-corrected chi connectivity index (χ1v) is 9.73. The lowest BCUT2D eigenvalue weighted by atomic mass is 9.95. The van der Waals surface area contributed by atoms with Gasteiger partial charge in [-0.3, -0.25) is 4.79 Å². The van der Waals surface area contributed by atoms with Crippen molar-refractivity contribution in [2.45, 2.75) is 44.1 Å². The molecular formula is C23H28N2O. The van der Waals surface area contributed by atoms with Crippen LogP contribution in [0, 0.1) is 5.92 Å². The van der Waals surface area contributed by atoms with Gasteiger partial charge in [-0.1, -0.05) is 68.4 Å². The van der Waals surface area contributed by atoms with Crippen LogP contribution in [0.2, 0.25) is 0 Å². The van der Waals surface area contributed by atoms with Crippen molar-refractivity contribution in [1.29, 1.82) is 0 Å². The van der Waals surface area contributed by atoms with Gasteiger partial charge in [0.1, 0.15) is 0 Å². The molecule has 2 aromatic rings. The van der Waals surface area contributed by atoms with Crippen molar-refractivity contribution in [3.8, 4) is 0 Å². The molecule has 1 aliphatic heterocycles. The van der Waals surface area contributed by atoms with Gasteiger partial charge in [-0.2, -0.15) is 0 Å². The molecule has 1 saturated heterocycles. The van der Waals surface area contributed by atoms with Gasteiger partial charge >= 0.3 is 0 Å². The molecule has 4 rings (SSSR count). The van der Waals surface area contributed by atoms with Gasteiger partial charge in [0.15, 0.2) is 0 Å². The molecule has 2 aromatic carbocycles. The molecule has 0 bridgehead atoms. The van der Waals surface area contributed by atoms with Crippen molar-refractivity contribution in [2.75, 3.05) is 13.1 Å². The Morgan fingerprint density at radius 2 is 1.62 bits per heavy atom. The van der Waals surface area contributed by atoms with Crippen LogP contribution in [0.1, 0.15) is 54.7 Å². The molecule has 1 aliphatic carbocycles. The quantitative estimate of drug-likeness (QED) is 0.912. The zero-order valence-electron chi connectivity index (χ0n) is 15.6. The number of rotatable bonds is 4. The van der Waals surface area contributed by atoms with Gasteiger partial charge in [-0.25, -0.2) is 0 Å². The summed E-state index contributed by atoms with van der Waals surface area (Å²) in [5.74, 6) is 1.61. The average Bonchev–Trinajstić information content (AvgIpc) is 3.37. The number of nitrogens with two attached hydrogens (primary N) is 1. The van der Waals surface area contributed by atoms with E-state index in [1.165, 1.54) is 16.7 Å². The summed E-state index contributed by atoms with van der Waals surface area (Å²) in [4.78, 5) is 15.0. The van der Waals surface area contributed by atoms with E-state index in [2.05, 4.69) is 50.2 Å². The highest BCUT2D eigenvalue weighted by Crippen LogP contribution is 2.49. The smallest absolute Gasteiger partial charge is 0.226 e. The van der Waals surface area contributed by atoms with Crippen molar-refractivity contribution in [3.63, 3.8) is 0 Å². The summed E-state index contributed by atoms with van der Waals surface area (Å²) in [7, 11) is 0. The monoisotopic (exact) mass is 348 g/mol. The largest absolute Gasteiger partial charge is 0.340 e. The van der Waals surface area contributed by atoms with E-state index in [1.807, 2.05) is 23.1 Å². The summed E-state index contributed by atoms with van der Waals surface area (Å²) in [5, 5.41) is 0.